The van der Waals surface area contributed by atoms with Gasteiger partial charge in [-0.05, 0) is 32.3 Å². The van der Waals surface area contributed by atoms with Gasteiger partial charge in [-0.1, -0.05) is 13.8 Å². The Bertz CT molecular complexity index is 459. The number of aromatic nitrogens is 2. The molecule has 6 heteroatoms. The first-order chi connectivity index (χ1) is 10.6. The lowest BCUT2D eigenvalue weighted by molar-refractivity contribution is 0.0749. The monoisotopic (exact) mass is 308 g/mol. The van der Waals surface area contributed by atoms with Crippen molar-refractivity contribution in [1.29, 1.82) is 0 Å². The number of amides is 1. The molecule has 1 aromatic rings. The standard InChI is InChI=1S/C16H28N4O2/c1-5-9-20(10-6-2)15(21)14-12-13(3)18-16(19-14)17-8-7-11-22-4/h12H,5-11H2,1-4H3,(H,17,18,19). The number of nitrogens with one attached hydrogen (secondary N) is 1. The average molecular weight is 308 g/mol. The number of anilines is 1. The van der Waals surface area contributed by atoms with E-state index in [9.17, 15) is 4.79 Å². The highest BCUT2D eigenvalue weighted by Crippen LogP contribution is 2.09. The molecule has 0 aromatic carbocycles. The molecule has 1 N–H and O–H groups in total. The number of carbonyl (C=O) groups excluding carboxylic acids is 1. The van der Waals surface area contributed by atoms with Gasteiger partial charge in [0.15, 0.2) is 0 Å². The first-order valence-electron chi connectivity index (χ1n) is 8.00. The molecule has 0 saturated heterocycles. The Labute approximate surface area is 133 Å². The van der Waals surface area contributed by atoms with E-state index in [-0.39, 0.29) is 5.91 Å². The van der Waals surface area contributed by atoms with E-state index >= 15 is 0 Å². The molecule has 0 aliphatic rings. The van der Waals surface area contributed by atoms with Gasteiger partial charge in [0.2, 0.25) is 5.95 Å². The molecule has 124 valence electrons. The molecule has 0 aliphatic heterocycles. The summed E-state index contributed by atoms with van der Waals surface area (Å²) in [7, 11) is 1.68. The lowest BCUT2D eigenvalue weighted by atomic mass is 10.2. The fourth-order valence-corrected chi connectivity index (χ4v) is 2.19. The fraction of sp³-hybridized carbons (Fsp3) is 0.688. The molecule has 1 heterocycles. The summed E-state index contributed by atoms with van der Waals surface area (Å²) in [6.07, 6.45) is 2.75. The number of rotatable bonds is 10. The summed E-state index contributed by atoms with van der Waals surface area (Å²) in [5.41, 5.74) is 1.25. The SMILES string of the molecule is CCCN(CCC)C(=O)c1cc(C)nc(NCCCOC)n1. The predicted molar refractivity (Wildman–Crippen MR) is 88.2 cm³/mol. The highest BCUT2D eigenvalue weighted by molar-refractivity contribution is 5.92. The second-order valence-corrected chi connectivity index (χ2v) is 5.28. The smallest absolute Gasteiger partial charge is 0.272 e. The van der Waals surface area contributed by atoms with E-state index in [1.807, 2.05) is 11.8 Å². The molecule has 6 nitrogen and oxygen atoms in total. The number of carbonyl (C=O) groups is 1. The predicted octanol–water partition coefficient (Wildman–Crippen LogP) is 2.50. The highest BCUT2D eigenvalue weighted by Gasteiger charge is 2.17. The van der Waals surface area contributed by atoms with Gasteiger partial charge < -0.3 is 15.0 Å². The van der Waals surface area contributed by atoms with Gasteiger partial charge in [0, 0.05) is 39.0 Å². The van der Waals surface area contributed by atoms with Gasteiger partial charge in [0.05, 0.1) is 0 Å². The molecule has 22 heavy (non-hydrogen) atoms. The normalized spacial score (nSPS) is 10.5. The largest absolute Gasteiger partial charge is 0.385 e. The number of ether oxygens (including phenoxy) is 1. The third-order valence-corrected chi connectivity index (χ3v) is 3.16. The molecule has 0 radical (unpaired) electrons. The Hall–Kier alpha value is -1.69. The Morgan fingerprint density at radius 2 is 1.95 bits per heavy atom. The maximum atomic E-state index is 12.6. The third-order valence-electron chi connectivity index (χ3n) is 3.16. The van der Waals surface area contributed by atoms with E-state index in [1.54, 1.807) is 13.2 Å². The molecule has 0 fully saturated rings. The first kappa shape index (κ1) is 18.4. The van der Waals surface area contributed by atoms with E-state index in [0.29, 0.717) is 18.2 Å². The van der Waals surface area contributed by atoms with Crippen LogP contribution in [0.5, 0.6) is 0 Å². The van der Waals surface area contributed by atoms with Crippen molar-refractivity contribution in [2.45, 2.75) is 40.0 Å². The summed E-state index contributed by atoms with van der Waals surface area (Å²) in [5, 5.41) is 3.15. The zero-order chi connectivity index (χ0) is 16.4. The summed E-state index contributed by atoms with van der Waals surface area (Å²) in [6, 6.07) is 1.75. The van der Waals surface area contributed by atoms with Crippen LogP contribution in [0.25, 0.3) is 0 Å². The van der Waals surface area contributed by atoms with Crippen LogP contribution in [0.15, 0.2) is 6.07 Å². The molecule has 0 spiro atoms. The average Bonchev–Trinajstić information content (AvgIpc) is 2.50. The lowest BCUT2D eigenvalue weighted by Crippen LogP contribution is -2.33. The van der Waals surface area contributed by atoms with Crippen LogP contribution in [0.4, 0.5) is 5.95 Å². The lowest BCUT2D eigenvalue weighted by Gasteiger charge is -2.21. The Morgan fingerprint density at radius 3 is 2.55 bits per heavy atom. The van der Waals surface area contributed by atoms with Crippen LogP contribution in [0, 0.1) is 6.92 Å². The summed E-state index contributed by atoms with van der Waals surface area (Å²) in [6.45, 7) is 8.94. The molecular weight excluding hydrogens is 280 g/mol. The van der Waals surface area contributed by atoms with E-state index < -0.39 is 0 Å². The first-order valence-corrected chi connectivity index (χ1v) is 8.00. The van der Waals surface area contributed by atoms with Crippen LogP contribution >= 0.6 is 0 Å². The maximum absolute atomic E-state index is 12.6. The third kappa shape index (κ3) is 5.97. The van der Waals surface area contributed by atoms with Gasteiger partial charge in [0.25, 0.3) is 5.91 Å². The van der Waals surface area contributed by atoms with Crippen LogP contribution in [0.2, 0.25) is 0 Å². The number of hydrogen-bond acceptors (Lipinski definition) is 5. The summed E-state index contributed by atoms with van der Waals surface area (Å²) in [4.78, 5) is 23.1. The zero-order valence-electron chi connectivity index (χ0n) is 14.2. The van der Waals surface area contributed by atoms with Gasteiger partial charge in [-0.25, -0.2) is 9.97 Å². The molecule has 1 rings (SSSR count). The summed E-state index contributed by atoms with van der Waals surface area (Å²) < 4.78 is 5.01. The molecular formula is C16H28N4O2. The summed E-state index contributed by atoms with van der Waals surface area (Å²) in [5.74, 6) is 0.488. The van der Waals surface area contributed by atoms with E-state index in [2.05, 4.69) is 29.1 Å². The van der Waals surface area contributed by atoms with Gasteiger partial charge in [-0.3, -0.25) is 4.79 Å². The maximum Gasteiger partial charge on any atom is 0.272 e. The van der Waals surface area contributed by atoms with Crippen LogP contribution in [0.1, 0.15) is 49.3 Å². The van der Waals surface area contributed by atoms with Crippen molar-refractivity contribution < 1.29 is 9.53 Å². The molecule has 0 bridgehead atoms. The second kappa shape index (κ2) is 10.1. The molecule has 0 atom stereocenters. The van der Waals surface area contributed by atoms with Crippen LogP contribution in [-0.4, -0.2) is 54.1 Å². The minimum atomic E-state index is -0.0193. The molecule has 1 aromatic heterocycles. The zero-order valence-corrected chi connectivity index (χ0v) is 14.2. The molecule has 0 aliphatic carbocycles. The topological polar surface area (TPSA) is 67.4 Å². The minimum Gasteiger partial charge on any atom is -0.385 e. The van der Waals surface area contributed by atoms with E-state index in [1.165, 1.54) is 0 Å². The van der Waals surface area contributed by atoms with Gasteiger partial charge >= 0.3 is 0 Å². The van der Waals surface area contributed by atoms with Crippen molar-refractivity contribution in [3.05, 3.63) is 17.5 Å². The number of methoxy groups -OCH3 is 1. The second-order valence-electron chi connectivity index (χ2n) is 5.28. The van der Waals surface area contributed by atoms with E-state index in [4.69, 9.17) is 4.74 Å². The minimum absolute atomic E-state index is 0.0193. The van der Waals surface area contributed by atoms with Crippen molar-refractivity contribution in [1.82, 2.24) is 14.9 Å². The number of nitrogens with zero attached hydrogens (tertiary/aromatic N) is 3. The van der Waals surface area contributed by atoms with Crippen molar-refractivity contribution in [2.24, 2.45) is 0 Å². The molecule has 1 amide bonds. The number of hydrogen-bond donors (Lipinski definition) is 1. The Balaban J connectivity index is 2.80. The Morgan fingerprint density at radius 1 is 1.27 bits per heavy atom. The summed E-state index contributed by atoms with van der Waals surface area (Å²) >= 11 is 0. The highest BCUT2D eigenvalue weighted by atomic mass is 16.5. The van der Waals surface area contributed by atoms with Gasteiger partial charge in [0.1, 0.15) is 5.69 Å². The van der Waals surface area contributed by atoms with Crippen LogP contribution in [0.3, 0.4) is 0 Å². The van der Waals surface area contributed by atoms with Crippen molar-refractivity contribution in [3.63, 3.8) is 0 Å². The van der Waals surface area contributed by atoms with Crippen LogP contribution in [-0.2, 0) is 4.74 Å². The Kier molecular flexibility index (Phi) is 8.43. The van der Waals surface area contributed by atoms with Crippen molar-refractivity contribution in [3.8, 4) is 0 Å². The van der Waals surface area contributed by atoms with Gasteiger partial charge in [-0.2, -0.15) is 0 Å². The number of aryl methyl sites for hydroxylation is 1. The molecule has 0 saturated carbocycles. The van der Waals surface area contributed by atoms with Gasteiger partial charge in [-0.15, -0.1) is 0 Å². The van der Waals surface area contributed by atoms with Crippen molar-refractivity contribution in [2.75, 3.05) is 38.7 Å². The quantitative estimate of drug-likeness (QED) is 0.673. The van der Waals surface area contributed by atoms with Crippen LogP contribution < -0.4 is 5.32 Å². The fourth-order valence-electron chi connectivity index (χ4n) is 2.19. The molecule has 0 unspecified atom stereocenters. The van der Waals surface area contributed by atoms with Crippen molar-refractivity contribution >= 4 is 11.9 Å². The van der Waals surface area contributed by atoms with E-state index in [0.717, 1.165) is 44.6 Å².